The average Bonchev–Trinajstić information content (AvgIpc) is 2.82. The van der Waals surface area contributed by atoms with Crippen molar-refractivity contribution in [2.45, 2.75) is 18.4 Å². The van der Waals surface area contributed by atoms with Gasteiger partial charge in [0.15, 0.2) is 0 Å². The number of aldehydes is 1. The predicted octanol–water partition coefficient (Wildman–Crippen LogP) is 0.230. The van der Waals surface area contributed by atoms with Crippen molar-refractivity contribution < 1.29 is 43.8 Å². The Kier molecular flexibility index (Phi) is 16.2. The minimum Gasteiger partial charge on any atom is -0.393 e. The summed E-state index contributed by atoms with van der Waals surface area (Å²) in [6.45, 7) is 2.39. The second-order valence-electron chi connectivity index (χ2n) is 6.92. The van der Waals surface area contributed by atoms with Gasteiger partial charge in [0.05, 0.1) is 72.7 Å². The van der Waals surface area contributed by atoms with Crippen LogP contribution < -0.4 is 0 Å². The van der Waals surface area contributed by atoms with Crippen LogP contribution in [0, 0.1) is 0 Å². The number of hydrogen-bond acceptors (Lipinski definition) is 9. The van der Waals surface area contributed by atoms with Crippen molar-refractivity contribution >= 4 is 6.29 Å². The molecule has 0 spiro atoms. The minimum atomic E-state index is -1.33. The zero-order chi connectivity index (χ0) is 22.6. The largest absolute Gasteiger partial charge is 0.393 e. The highest BCUT2D eigenvalue weighted by Crippen LogP contribution is 2.08. The van der Waals surface area contributed by atoms with Crippen LogP contribution in [0.25, 0.3) is 0 Å². The van der Waals surface area contributed by atoms with Crippen molar-refractivity contribution in [1.82, 2.24) is 0 Å². The molecule has 0 aromatic heterocycles. The molecule has 0 saturated carbocycles. The van der Waals surface area contributed by atoms with E-state index in [9.17, 15) is 4.79 Å². The molecular formula is C22H36O9. The molecule has 178 valence electrons. The van der Waals surface area contributed by atoms with Gasteiger partial charge >= 0.3 is 0 Å². The molecule has 3 N–H and O–H groups in total. The van der Waals surface area contributed by atoms with Gasteiger partial charge in [0.25, 0.3) is 0 Å². The second kappa shape index (κ2) is 18.2. The normalized spacial score (nSPS) is 11.7. The molecule has 0 atom stereocenters. The predicted molar refractivity (Wildman–Crippen MR) is 113 cm³/mol. The first-order valence-corrected chi connectivity index (χ1v) is 10.5. The van der Waals surface area contributed by atoms with Gasteiger partial charge in [0, 0.05) is 12.2 Å². The van der Waals surface area contributed by atoms with Gasteiger partial charge in [-0.2, -0.15) is 0 Å². The summed E-state index contributed by atoms with van der Waals surface area (Å²) < 4.78 is 26.9. The molecule has 0 radical (unpaired) electrons. The van der Waals surface area contributed by atoms with Crippen LogP contribution in [0.5, 0.6) is 0 Å². The number of aliphatic hydroxyl groups excluding tert-OH is 3. The molecule has 1 aromatic carbocycles. The van der Waals surface area contributed by atoms with Crippen molar-refractivity contribution in [3.8, 4) is 0 Å². The van der Waals surface area contributed by atoms with Crippen molar-refractivity contribution in [3.63, 3.8) is 0 Å². The maximum Gasteiger partial charge on any atom is 0.150 e. The quantitative estimate of drug-likeness (QED) is 0.181. The van der Waals surface area contributed by atoms with Gasteiger partial charge in [-0.05, 0) is 24.5 Å². The monoisotopic (exact) mass is 444 g/mol. The van der Waals surface area contributed by atoms with Crippen LogP contribution in [-0.4, -0.2) is 106 Å². The van der Waals surface area contributed by atoms with E-state index < -0.39 is 25.4 Å². The van der Waals surface area contributed by atoms with E-state index in [0.717, 1.165) is 24.7 Å². The molecule has 0 fully saturated rings. The molecule has 0 aliphatic carbocycles. The van der Waals surface area contributed by atoms with Crippen LogP contribution in [0.4, 0.5) is 0 Å². The molecule has 0 bridgehead atoms. The molecule has 0 heterocycles. The van der Waals surface area contributed by atoms with Crippen molar-refractivity contribution in [2.24, 2.45) is 0 Å². The van der Waals surface area contributed by atoms with E-state index in [1.165, 1.54) is 0 Å². The number of carbonyl (C=O) groups excluding carboxylic acids is 1. The number of ether oxygens (including phenoxy) is 5. The Labute approximate surface area is 183 Å². The molecule has 0 unspecified atom stereocenters. The topological polar surface area (TPSA) is 124 Å². The molecule has 0 aliphatic heterocycles. The van der Waals surface area contributed by atoms with Crippen LogP contribution in [0.3, 0.4) is 0 Å². The van der Waals surface area contributed by atoms with Gasteiger partial charge in [0.2, 0.25) is 0 Å². The summed E-state index contributed by atoms with van der Waals surface area (Å²) in [6, 6.07) is 7.57. The second-order valence-corrected chi connectivity index (χ2v) is 6.92. The highest BCUT2D eigenvalue weighted by Gasteiger charge is 2.28. The molecule has 1 aromatic rings. The van der Waals surface area contributed by atoms with Gasteiger partial charge in [-0.3, -0.25) is 4.79 Å². The van der Waals surface area contributed by atoms with Crippen LogP contribution in [0.15, 0.2) is 24.3 Å². The lowest BCUT2D eigenvalue weighted by Gasteiger charge is -2.27. The fourth-order valence-electron chi connectivity index (χ4n) is 2.57. The van der Waals surface area contributed by atoms with E-state index in [0.29, 0.717) is 51.8 Å². The molecule has 0 saturated heterocycles. The summed E-state index contributed by atoms with van der Waals surface area (Å²) in [5, 5.41) is 27.3. The van der Waals surface area contributed by atoms with Crippen molar-refractivity contribution in [2.75, 3.05) is 79.3 Å². The minimum absolute atomic E-state index is 0.149. The van der Waals surface area contributed by atoms with Crippen molar-refractivity contribution in [1.29, 1.82) is 0 Å². The SMILES string of the molecule is O=Cc1cccc(CCCOCCOCCOCCOCCOC(CO)(CO)CO)c1. The van der Waals surface area contributed by atoms with Gasteiger partial charge in [-0.1, -0.05) is 18.2 Å². The maximum absolute atomic E-state index is 10.8. The molecule has 31 heavy (non-hydrogen) atoms. The summed E-state index contributed by atoms with van der Waals surface area (Å²) in [7, 11) is 0. The first-order chi connectivity index (χ1) is 15.2. The molecule has 1 rings (SSSR count). The zero-order valence-corrected chi connectivity index (χ0v) is 18.1. The Bertz CT molecular complexity index is 555. The van der Waals surface area contributed by atoms with Crippen molar-refractivity contribution in [3.05, 3.63) is 35.4 Å². The average molecular weight is 445 g/mol. The number of aryl methyl sites for hydroxylation is 1. The van der Waals surface area contributed by atoms with Crippen LogP contribution in [0.1, 0.15) is 22.3 Å². The third-order valence-corrected chi connectivity index (χ3v) is 4.46. The number of carbonyl (C=O) groups is 1. The fourth-order valence-corrected chi connectivity index (χ4v) is 2.57. The van der Waals surface area contributed by atoms with E-state index in [-0.39, 0.29) is 13.2 Å². The Morgan fingerprint density at radius 2 is 1.26 bits per heavy atom. The summed E-state index contributed by atoms with van der Waals surface area (Å²) in [5.41, 5.74) is 0.496. The Balaban J connectivity index is 1.83. The molecule has 9 heteroatoms. The van der Waals surface area contributed by atoms with E-state index in [1.54, 1.807) is 6.07 Å². The molecule has 0 amide bonds. The third-order valence-electron chi connectivity index (χ3n) is 4.46. The standard InChI is InChI=1S/C22H36O9/c23-16-21-4-1-3-20(15-21)5-2-6-27-7-8-28-9-10-29-11-12-30-13-14-31-22(17-24,18-25)19-26/h1,3-4,15-16,24-26H,2,5-14,17-19H2. The Morgan fingerprint density at radius 3 is 1.77 bits per heavy atom. The first kappa shape index (κ1) is 27.6. The van der Waals surface area contributed by atoms with E-state index in [4.69, 9.17) is 39.0 Å². The Hall–Kier alpha value is -1.43. The number of benzene rings is 1. The third kappa shape index (κ3) is 12.9. The molecule has 0 aliphatic rings. The lowest BCUT2D eigenvalue weighted by atomic mass is 10.1. The van der Waals surface area contributed by atoms with Gasteiger partial charge in [-0.15, -0.1) is 0 Å². The van der Waals surface area contributed by atoms with Gasteiger partial charge in [0.1, 0.15) is 11.9 Å². The summed E-state index contributed by atoms with van der Waals surface area (Å²) in [6.07, 6.45) is 2.61. The lowest BCUT2D eigenvalue weighted by Crippen LogP contribution is -2.45. The maximum atomic E-state index is 10.8. The molecular weight excluding hydrogens is 408 g/mol. The van der Waals surface area contributed by atoms with E-state index in [1.807, 2.05) is 18.2 Å². The molecule has 9 nitrogen and oxygen atoms in total. The number of rotatable bonds is 21. The highest BCUT2D eigenvalue weighted by molar-refractivity contribution is 5.74. The summed E-state index contributed by atoms with van der Waals surface area (Å²) in [5.74, 6) is 0. The van der Waals surface area contributed by atoms with E-state index in [2.05, 4.69) is 0 Å². The summed E-state index contributed by atoms with van der Waals surface area (Å²) in [4.78, 5) is 10.8. The smallest absolute Gasteiger partial charge is 0.150 e. The lowest BCUT2D eigenvalue weighted by molar-refractivity contribution is -0.143. The van der Waals surface area contributed by atoms with Gasteiger partial charge in [-0.25, -0.2) is 0 Å². The first-order valence-electron chi connectivity index (χ1n) is 10.5. The number of hydrogen-bond donors (Lipinski definition) is 3. The summed E-state index contributed by atoms with van der Waals surface area (Å²) >= 11 is 0. The zero-order valence-electron chi connectivity index (χ0n) is 18.1. The van der Waals surface area contributed by atoms with Gasteiger partial charge < -0.3 is 39.0 Å². The number of aliphatic hydroxyl groups is 3. The van der Waals surface area contributed by atoms with E-state index >= 15 is 0 Å². The fraction of sp³-hybridized carbons (Fsp3) is 0.682. The van der Waals surface area contributed by atoms with Crippen LogP contribution in [-0.2, 0) is 30.1 Å². The Morgan fingerprint density at radius 1 is 0.742 bits per heavy atom. The van der Waals surface area contributed by atoms with Crippen LogP contribution >= 0.6 is 0 Å². The van der Waals surface area contributed by atoms with Crippen LogP contribution in [0.2, 0.25) is 0 Å². The highest BCUT2D eigenvalue weighted by atomic mass is 16.6.